The summed E-state index contributed by atoms with van der Waals surface area (Å²) < 4.78 is 5.01. The van der Waals surface area contributed by atoms with Crippen molar-refractivity contribution in [3.8, 4) is 0 Å². The van der Waals surface area contributed by atoms with Gasteiger partial charge in [0.1, 0.15) is 23.5 Å². The summed E-state index contributed by atoms with van der Waals surface area (Å²) in [5.41, 5.74) is 9.60. The third-order valence-corrected chi connectivity index (χ3v) is 8.40. The minimum Gasteiger partial charge on any atom is -0.465 e. The van der Waals surface area contributed by atoms with Gasteiger partial charge < -0.3 is 16.2 Å². The fourth-order valence-electron chi connectivity index (χ4n) is 6.52. The van der Waals surface area contributed by atoms with Crippen LogP contribution in [0.2, 0.25) is 0 Å². The Morgan fingerprint density at radius 1 is 1.00 bits per heavy atom. The molecule has 0 aromatic heterocycles. The Morgan fingerprint density at radius 2 is 1.63 bits per heavy atom. The number of imide groups is 3. The van der Waals surface area contributed by atoms with Crippen molar-refractivity contribution in [3.05, 3.63) is 11.4 Å². The van der Waals surface area contributed by atoms with Crippen LogP contribution in [0.1, 0.15) is 65.2 Å². The number of ether oxygens (including phenoxy) is 1. The van der Waals surface area contributed by atoms with Crippen molar-refractivity contribution < 1.29 is 33.5 Å². The number of carbonyl (C=O) groups is 6. The number of likely N-dealkylation sites (N-methyl/N-ethyl adjacent to an activating group) is 1. The molecule has 4 rings (SSSR count). The van der Waals surface area contributed by atoms with Crippen LogP contribution in [0.4, 0.5) is 9.59 Å². The lowest BCUT2D eigenvalue weighted by atomic mass is 9.51. The van der Waals surface area contributed by atoms with Crippen LogP contribution in [-0.4, -0.2) is 93.7 Å². The van der Waals surface area contributed by atoms with Gasteiger partial charge in [0, 0.05) is 19.6 Å². The summed E-state index contributed by atoms with van der Waals surface area (Å²) >= 11 is 0. The van der Waals surface area contributed by atoms with E-state index >= 15 is 0 Å². The van der Waals surface area contributed by atoms with Crippen LogP contribution in [0, 0.1) is 5.41 Å². The van der Waals surface area contributed by atoms with Gasteiger partial charge in [-0.3, -0.25) is 38.8 Å². The van der Waals surface area contributed by atoms with Crippen LogP contribution in [0.15, 0.2) is 11.4 Å². The van der Waals surface area contributed by atoms with Crippen LogP contribution in [0.25, 0.3) is 0 Å². The second-order valence-corrected chi connectivity index (χ2v) is 10.8. The standard InChI is InChI=1S/C25H36N6O7/c1-4-6-11-29-19(33)17(18(26)27)20(34)31(23(29)37)15-7-9-24(10-8-15)13-25(14-24)21(35)28(3)22(36)30(25)12-16(32)38-5-2/h15H,4-14,26-27H2,1-3H3. The number of hydrogen-bond donors (Lipinski definition) is 2. The third kappa shape index (κ3) is 4.17. The van der Waals surface area contributed by atoms with E-state index in [-0.39, 0.29) is 36.6 Å². The highest BCUT2D eigenvalue weighted by molar-refractivity contribution is 6.29. The quantitative estimate of drug-likeness (QED) is 0.206. The molecule has 13 nitrogen and oxygen atoms in total. The van der Waals surface area contributed by atoms with Gasteiger partial charge in [-0.05, 0) is 57.3 Å². The number of rotatable bonds is 7. The van der Waals surface area contributed by atoms with Crippen LogP contribution in [-0.2, 0) is 23.9 Å². The number of carbonyl (C=O) groups excluding carboxylic acids is 6. The Hall–Kier alpha value is -3.64. The van der Waals surface area contributed by atoms with E-state index < -0.39 is 47.2 Å². The molecule has 208 valence electrons. The van der Waals surface area contributed by atoms with Crippen molar-refractivity contribution in [3.63, 3.8) is 0 Å². The molecule has 7 amide bonds. The molecule has 2 saturated heterocycles. The fourth-order valence-corrected chi connectivity index (χ4v) is 6.52. The summed E-state index contributed by atoms with van der Waals surface area (Å²) in [5.74, 6) is -2.87. The van der Waals surface area contributed by atoms with Crippen LogP contribution in [0.3, 0.4) is 0 Å². The summed E-state index contributed by atoms with van der Waals surface area (Å²) in [6, 6.07) is -1.64. The van der Waals surface area contributed by atoms with E-state index in [9.17, 15) is 28.8 Å². The van der Waals surface area contributed by atoms with Gasteiger partial charge in [-0.2, -0.15) is 0 Å². The van der Waals surface area contributed by atoms with Gasteiger partial charge in [-0.15, -0.1) is 0 Å². The Kier molecular flexibility index (Phi) is 7.15. The van der Waals surface area contributed by atoms with E-state index in [1.807, 2.05) is 6.92 Å². The van der Waals surface area contributed by atoms with E-state index in [2.05, 4.69) is 0 Å². The Morgan fingerprint density at radius 3 is 2.18 bits per heavy atom. The maximum atomic E-state index is 13.3. The van der Waals surface area contributed by atoms with Gasteiger partial charge in [0.2, 0.25) is 0 Å². The molecule has 2 aliphatic carbocycles. The van der Waals surface area contributed by atoms with E-state index in [1.54, 1.807) is 6.92 Å². The summed E-state index contributed by atoms with van der Waals surface area (Å²) in [4.78, 5) is 81.8. The summed E-state index contributed by atoms with van der Waals surface area (Å²) in [5, 5.41) is 0. The number of urea groups is 2. The third-order valence-electron chi connectivity index (χ3n) is 8.40. The Bertz CT molecular complexity index is 1100. The smallest absolute Gasteiger partial charge is 0.334 e. The molecule has 13 heteroatoms. The average molecular weight is 533 g/mol. The number of hydrogen-bond acceptors (Lipinski definition) is 9. The van der Waals surface area contributed by atoms with E-state index in [0.29, 0.717) is 44.9 Å². The first-order valence-corrected chi connectivity index (χ1v) is 13.1. The minimum absolute atomic E-state index is 0.161. The maximum absolute atomic E-state index is 13.3. The Labute approximate surface area is 221 Å². The van der Waals surface area contributed by atoms with Gasteiger partial charge in [-0.25, -0.2) is 9.59 Å². The van der Waals surface area contributed by atoms with Crippen molar-refractivity contribution in [1.82, 2.24) is 19.6 Å². The highest BCUT2D eigenvalue weighted by atomic mass is 16.5. The SMILES string of the molecule is CCCCN1C(=O)C(=C(N)N)C(=O)N(C2CCC3(CC2)CC2(C3)C(=O)N(C)C(=O)N2CC(=O)OCC)C1=O. The molecule has 2 saturated carbocycles. The molecule has 2 aliphatic heterocycles. The zero-order valence-corrected chi connectivity index (χ0v) is 22.2. The molecule has 2 heterocycles. The number of esters is 1. The second kappa shape index (κ2) is 9.91. The largest absolute Gasteiger partial charge is 0.465 e. The van der Waals surface area contributed by atoms with Crippen molar-refractivity contribution >= 4 is 35.8 Å². The monoisotopic (exact) mass is 532 g/mol. The van der Waals surface area contributed by atoms with Gasteiger partial charge >= 0.3 is 18.0 Å². The molecule has 0 aromatic carbocycles. The van der Waals surface area contributed by atoms with Gasteiger partial charge in [0.05, 0.1) is 6.61 Å². The molecule has 4 fully saturated rings. The van der Waals surface area contributed by atoms with Gasteiger partial charge in [0.15, 0.2) is 0 Å². The lowest BCUT2D eigenvalue weighted by Gasteiger charge is -2.58. The first kappa shape index (κ1) is 27.4. The van der Waals surface area contributed by atoms with E-state index in [4.69, 9.17) is 16.2 Å². The number of barbiturate groups is 1. The van der Waals surface area contributed by atoms with Crippen molar-refractivity contribution in [2.45, 2.75) is 76.8 Å². The van der Waals surface area contributed by atoms with Crippen LogP contribution in [0.5, 0.6) is 0 Å². The van der Waals surface area contributed by atoms with Crippen molar-refractivity contribution in [1.29, 1.82) is 0 Å². The Balaban J connectivity index is 1.49. The number of nitrogens with two attached hydrogens (primary N) is 2. The molecule has 4 N–H and O–H groups in total. The maximum Gasteiger partial charge on any atom is 0.334 e. The fraction of sp³-hybridized carbons (Fsp3) is 0.680. The molecule has 38 heavy (non-hydrogen) atoms. The highest BCUT2D eigenvalue weighted by Crippen LogP contribution is 2.61. The lowest BCUT2D eigenvalue weighted by Crippen LogP contribution is -2.66. The predicted octanol–water partition coefficient (Wildman–Crippen LogP) is 0.625. The summed E-state index contributed by atoms with van der Waals surface area (Å²) in [6.07, 6.45) is 4.27. The molecule has 4 aliphatic rings. The van der Waals surface area contributed by atoms with Crippen molar-refractivity contribution in [2.75, 3.05) is 26.7 Å². The second-order valence-electron chi connectivity index (χ2n) is 10.8. The molecule has 0 bridgehead atoms. The number of nitrogens with zero attached hydrogens (tertiary/aromatic N) is 4. The van der Waals surface area contributed by atoms with Gasteiger partial charge in [0.25, 0.3) is 17.7 Å². The molecule has 0 unspecified atom stereocenters. The van der Waals surface area contributed by atoms with Crippen molar-refractivity contribution in [2.24, 2.45) is 16.9 Å². The highest BCUT2D eigenvalue weighted by Gasteiger charge is 2.68. The molecule has 0 atom stereocenters. The average Bonchev–Trinajstić information content (AvgIpc) is 3.01. The summed E-state index contributed by atoms with van der Waals surface area (Å²) in [6.45, 7) is 3.63. The van der Waals surface area contributed by atoms with E-state index in [0.717, 1.165) is 21.1 Å². The van der Waals surface area contributed by atoms with Gasteiger partial charge in [-0.1, -0.05) is 13.3 Å². The normalized spacial score (nSPS) is 29.6. The van der Waals surface area contributed by atoms with E-state index in [1.165, 1.54) is 11.9 Å². The summed E-state index contributed by atoms with van der Waals surface area (Å²) in [7, 11) is 1.41. The molecule has 0 aromatic rings. The first-order chi connectivity index (χ1) is 17.9. The number of amides is 7. The predicted molar refractivity (Wildman–Crippen MR) is 132 cm³/mol. The zero-order valence-electron chi connectivity index (χ0n) is 22.2. The number of unbranched alkanes of at least 4 members (excludes halogenated alkanes) is 1. The molecule has 2 spiro atoms. The first-order valence-electron chi connectivity index (χ1n) is 13.1. The lowest BCUT2D eigenvalue weighted by molar-refractivity contribution is -0.155. The molecular weight excluding hydrogens is 496 g/mol. The topological polar surface area (TPSA) is 177 Å². The van der Waals surface area contributed by atoms with Crippen LogP contribution < -0.4 is 11.5 Å². The molecular formula is C25H36N6O7. The minimum atomic E-state index is -1.09. The molecule has 0 radical (unpaired) electrons. The zero-order chi connectivity index (χ0) is 28.0. The van der Waals surface area contributed by atoms with Crippen LogP contribution >= 0.6 is 0 Å².